The van der Waals surface area contributed by atoms with Crippen molar-refractivity contribution in [3.05, 3.63) is 59.7 Å². The Hall–Kier alpha value is -2.02. The number of rotatable bonds is 8. The first-order valence-corrected chi connectivity index (χ1v) is 9.42. The van der Waals surface area contributed by atoms with Crippen LogP contribution in [-0.2, 0) is 11.3 Å². The van der Waals surface area contributed by atoms with E-state index in [9.17, 15) is 4.39 Å². The fourth-order valence-corrected chi connectivity index (χ4v) is 3.20. The van der Waals surface area contributed by atoms with Gasteiger partial charge in [-0.2, -0.15) is 0 Å². The number of morpholine rings is 1. The summed E-state index contributed by atoms with van der Waals surface area (Å²) in [7, 11) is 4.02. The minimum absolute atomic E-state index is 0.154. The third kappa shape index (κ3) is 5.99. The normalized spacial score (nSPS) is 16.4. The minimum Gasteiger partial charge on any atom is -0.484 e. The number of ether oxygens (including phenoxy) is 2. The zero-order valence-electron chi connectivity index (χ0n) is 16.1. The molecule has 1 unspecified atom stereocenters. The van der Waals surface area contributed by atoms with E-state index in [1.807, 2.05) is 26.2 Å². The molecule has 27 heavy (non-hydrogen) atoms. The van der Waals surface area contributed by atoms with Crippen molar-refractivity contribution in [2.24, 2.45) is 0 Å². The Morgan fingerprint density at radius 2 is 1.93 bits per heavy atom. The Labute approximate surface area is 160 Å². The van der Waals surface area contributed by atoms with Crippen LogP contribution in [0.1, 0.15) is 23.8 Å². The van der Waals surface area contributed by atoms with Gasteiger partial charge in [0.05, 0.1) is 18.9 Å². The molecule has 0 bridgehead atoms. The summed E-state index contributed by atoms with van der Waals surface area (Å²) in [5.41, 5.74) is 1.88. The standard InChI is InChI=1S/C21H28FN3O2/c1-24(2)16-19-21(4-3-10-23-19)27-20(17-5-7-18(22)8-6-17)9-11-25-12-14-26-15-13-25/h3-8,10,20H,9,11-16H2,1-2H3. The lowest BCUT2D eigenvalue weighted by atomic mass is 10.1. The average molecular weight is 373 g/mol. The number of aromatic nitrogens is 1. The van der Waals surface area contributed by atoms with Gasteiger partial charge < -0.3 is 14.4 Å². The SMILES string of the molecule is CN(C)Cc1ncccc1OC(CCN1CCOCC1)c1ccc(F)cc1. The monoisotopic (exact) mass is 373 g/mol. The lowest BCUT2D eigenvalue weighted by Gasteiger charge is -2.29. The summed E-state index contributed by atoms with van der Waals surface area (Å²) in [6, 6.07) is 10.4. The topological polar surface area (TPSA) is 37.8 Å². The molecule has 2 heterocycles. The predicted molar refractivity (Wildman–Crippen MR) is 103 cm³/mol. The van der Waals surface area contributed by atoms with Gasteiger partial charge in [0.2, 0.25) is 0 Å². The van der Waals surface area contributed by atoms with Crippen LogP contribution in [0.5, 0.6) is 5.75 Å². The van der Waals surface area contributed by atoms with Crippen molar-refractivity contribution in [3.63, 3.8) is 0 Å². The highest BCUT2D eigenvalue weighted by molar-refractivity contribution is 5.29. The smallest absolute Gasteiger partial charge is 0.143 e. The fraction of sp³-hybridized carbons (Fsp3) is 0.476. The first-order chi connectivity index (χ1) is 13.1. The van der Waals surface area contributed by atoms with E-state index in [0.29, 0.717) is 6.54 Å². The summed E-state index contributed by atoms with van der Waals surface area (Å²) in [5.74, 6) is 0.544. The van der Waals surface area contributed by atoms with Gasteiger partial charge in [0.1, 0.15) is 17.7 Å². The first kappa shape index (κ1) is 19.7. The third-order valence-electron chi connectivity index (χ3n) is 4.64. The van der Waals surface area contributed by atoms with Crippen molar-refractivity contribution in [2.45, 2.75) is 19.1 Å². The van der Waals surface area contributed by atoms with Gasteiger partial charge in [-0.05, 0) is 43.9 Å². The van der Waals surface area contributed by atoms with Crippen molar-refractivity contribution in [1.82, 2.24) is 14.8 Å². The number of nitrogens with zero attached hydrogens (tertiary/aromatic N) is 3. The molecule has 1 saturated heterocycles. The number of benzene rings is 1. The molecule has 1 fully saturated rings. The van der Waals surface area contributed by atoms with E-state index in [4.69, 9.17) is 9.47 Å². The van der Waals surface area contributed by atoms with Gasteiger partial charge in [0, 0.05) is 38.8 Å². The van der Waals surface area contributed by atoms with E-state index < -0.39 is 0 Å². The van der Waals surface area contributed by atoms with E-state index in [-0.39, 0.29) is 11.9 Å². The van der Waals surface area contributed by atoms with E-state index >= 15 is 0 Å². The zero-order chi connectivity index (χ0) is 19.1. The maximum atomic E-state index is 13.4. The molecule has 0 radical (unpaired) electrons. The predicted octanol–water partition coefficient (Wildman–Crippen LogP) is 3.12. The van der Waals surface area contributed by atoms with Crippen LogP contribution in [0.3, 0.4) is 0 Å². The van der Waals surface area contributed by atoms with Crippen molar-refractivity contribution in [1.29, 1.82) is 0 Å². The van der Waals surface area contributed by atoms with Crippen molar-refractivity contribution in [2.75, 3.05) is 46.9 Å². The van der Waals surface area contributed by atoms with Gasteiger partial charge >= 0.3 is 0 Å². The summed E-state index contributed by atoms with van der Waals surface area (Å²) < 4.78 is 25.2. The molecule has 0 aliphatic carbocycles. The van der Waals surface area contributed by atoms with Gasteiger partial charge in [-0.25, -0.2) is 4.39 Å². The molecule has 1 aliphatic rings. The molecule has 0 amide bonds. The molecular formula is C21H28FN3O2. The first-order valence-electron chi connectivity index (χ1n) is 9.42. The van der Waals surface area contributed by atoms with Crippen LogP contribution >= 0.6 is 0 Å². The molecule has 2 aromatic rings. The molecule has 5 nitrogen and oxygen atoms in total. The molecule has 1 aromatic carbocycles. The van der Waals surface area contributed by atoms with E-state index in [2.05, 4.69) is 14.8 Å². The Bertz CT molecular complexity index is 703. The number of hydrogen-bond acceptors (Lipinski definition) is 5. The second-order valence-electron chi connectivity index (χ2n) is 7.09. The van der Waals surface area contributed by atoms with Gasteiger partial charge in [0.15, 0.2) is 0 Å². The minimum atomic E-state index is -0.236. The van der Waals surface area contributed by atoms with Gasteiger partial charge in [-0.15, -0.1) is 0 Å². The Kier molecular flexibility index (Phi) is 7.15. The second kappa shape index (κ2) is 9.78. The molecular weight excluding hydrogens is 345 g/mol. The Balaban J connectivity index is 1.76. The third-order valence-corrected chi connectivity index (χ3v) is 4.64. The van der Waals surface area contributed by atoms with E-state index in [1.54, 1.807) is 18.3 Å². The molecule has 0 N–H and O–H groups in total. The van der Waals surface area contributed by atoms with Gasteiger partial charge in [-0.3, -0.25) is 9.88 Å². The average Bonchev–Trinajstić information content (AvgIpc) is 2.67. The van der Waals surface area contributed by atoms with Crippen LogP contribution in [0.25, 0.3) is 0 Å². The van der Waals surface area contributed by atoms with E-state index in [0.717, 1.165) is 56.3 Å². The van der Waals surface area contributed by atoms with Crippen LogP contribution in [0.15, 0.2) is 42.6 Å². The zero-order valence-corrected chi connectivity index (χ0v) is 16.1. The molecule has 1 aliphatic heterocycles. The highest BCUT2D eigenvalue weighted by Crippen LogP contribution is 2.28. The molecule has 1 atom stereocenters. The lowest BCUT2D eigenvalue weighted by Crippen LogP contribution is -2.37. The second-order valence-corrected chi connectivity index (χ2v) is 7.09. The molecule has 0 saturated carbocycles. The van der Waals surface area contributed by atoms with Crippen LogP contribution in [-0.4, -0.2) is 61.7 Å². The molecule has 146 valence electrons. The summed E-state index contributed by atoms with van der Waals surface area (Å²) in [4.78, 5) is 8.92. The lowest BCUT2D eigenvalue weighted by molar-refractivity contribution is 0.0316. The summed E-state index contributed by atoms with van der Waals surface area (Å²) in [6.07, 6.45) is 2.45. The number of pyridine rings is 1. The van der Waals surface area contributed by atoms with Crippen LogP contribution < -0.4 is 4.74 Å². The Morgan fingerprint density at radius 1 is 1.19 bits per heavy atom. The van der Waals surface area contributed by atoms with Gasteiger partial charge in [-0.1, -0.05) is 12.1 Å². The summed E-state index contributed by atoms with van der Waals surface area (Å²) in [5, 5.41) is 0. The highest BCUT2D eigenvalue weighted by Gasteiger charge is 2.19. The molecule has 3 rings (SSSR count). The maximum absolute atomic E-state index is 13.4. The molecule has 6 heteroatoms. The van der Waals surface area contributed by atoms with Crippen molar-refractivity contribution >= 4 is 0 Å². The molecule has 1 aromatic heterocycles. The quantitative estimate of drug-likeness (QED) is 0.711. The maximum Gasteiger partial charge on any atom is 0.143 e. The Morgan fingerprint density at radius 3 is 2.63 bits per heavy atom. The van der Waals surface area contributed by atoms with Gasteiger partial charge in [0.25, 0.3) is 0 Å². The summed E-state index contributed by atoms with van der Waals surface area (Å²) >= 11 is 0. The highest BCUT2D eigenvalue weighted by atomic mass is 19.1. The van der Waals surface area contributed by atoms with Crippen molar-refractivity contribution < 1.29 is 13.9 Å². The number of hydrogen-bond donors (Lipinski definition) is 0. The van der Waals surface area contributed by atoms with E-state index in [1.165, 1.54) is 12.1 Å². The van der Waals surface area contributed by atoms with Crippen LogP contribution in [0.2, 0.25) is 0 Å². The summed E-state index contributed by atoms with van der Waals surface area (Å²) in [6.45, 7) is 5.05. The number of halogens is 1. The molecule has 0 spiro atoms. The van der Waals surface area contributed by atoms with Crippen molar-refractivity contribution in [3.8, 4) is 5.75 Å². The fourth-order valence-electron chi connectivity index (χ4n) is 3.20. The van der Waals surface area contributed by atoms with Crippen LogP contribution in [0.4, 0.5) is 4.39 Å². The van der Waals surface area contributed by atoms with Crippen LogP contribution in [0, 0.1) is 5.82 Å². The largest absolute Gasteiger partial charge is 0.484 e.